The average molecular weight is 403 g/mol. The molecule has 1 aliphatic rings. The summed E-state index contributed by atoms with van der Waals surface area (Å²) in [6, 6.07) is 19.0. The summed E-state index contributed by atoms with van der Waals surface area (Å²) in [4.78, 5) is 15.4. The highest BCUT2D eigenvalue weighted by molar-refractivity contribution is 5.97. The van der Waals surface area contributed by atoms with E-state index in [2.05, 4.69) is 4.90 Å². The van der Waals surface area contributed by atoms with Gasteiger partial charge in [-0.25, -0.2) is 4.79 Å². The molecule has 0 unspecified atom stereocenters. The summed E-state index contributed by atoms with van der Waals surface area (Å²) in [7, 11) is 3.68. The third kappa shape index (κ3) is 3.89. The van der Waals surface area contributed by atoms with Gasteiger partial charge in [-0.05, 0) is 31.7 Å². The first-order valence-corrected chi connectivity index (χ1v) is 9.93. The number of esters is 1. The van der Waals surface area contributed by atoms with E-state index >= 15 is 0 Å². The highest BCUT2D eigenvalue weighted by Gasteiger charge is 2.32. The zero-order valence-electron chi connectivity index (χ0n) is 17.5. The van der Waals surface area contributed by atoms with Crippen molar-refractivity contribution in [2.75, 3.05) is 14.2 Å². The topological polar surface area (TPSA) is 48.0 Å². The molecule has 0 atom stereocenters. The third-order valence-electron chi connectivity index (χ3n) is 5.30. The van der Waals surface area contributed by atoms with Crippen LogP contribution < -0.4 is 14.2 Å². The predicted molar refractivity (Wildman–Crippen MR) is 115 cm³/mol. The van der Waals surface area contributed by atoms with Crippen molar-refractivity contribution in [3.63, 3.8) is 0 Å². The highest BCUT2D eigenvalue weighted by atomic mass is 16.5. The third-order valence-corrected chi connectivity index (χ3v) is 5.30. The van der Waals surface area contributed by atoms with Gasteiger partial charge in [0, 0.05) is 29.8 Å². The smallest absolute Gasteiger partial charge is 0.347 e. The van der Waals surface area contributed by atoms with E-state index < -0.39 is 5.97 Å². The number of carbonyl (C=O) groups is 1. The van der Waals surface area contributed by atoms with Crippen molar-refractivity contribution >= 4 is 5.97 Å². The standard InChI is InChI=1S/C25H25NO4/c1-17-22(25(27)30-19-12-8-5-9-13-19)24(29-16-18-10-6-4-7-11-18)21-15-26(2)14-20(21)23(17)28-3/h4-13H,14-16H2,1-3H3. The Kier molecular flexibility index (Phi) is 5.72. The van der Waals surface area contributed by atoms with Crippen molar-refractivity contribution in [2.45, 2.75) is 26.6 Å². The van der Waals surface area contributed by atoms with Gasteiger partial charge in [-0.2, -0.15) is 0 Å². The largest absolute Gasteiger partial charge is 0.496 e. The molecule has 154 valence electrons. The molecule has 0 spiro atoms. The number of fused-ring (bicyclic) bond motifs is 1. The van der Waals surface area contributed by atoms with Crippen molar-refractivity contribution in [3.05, 3.63) is 88.5 Å². The Bertz CT molecular complexity index is 1050. The minimum Gasteiger partial charge on any atom is -0.496 e. The Morgan fingerprint density at radius 1 is 0.933 bits per heavy atom. The lowest BCUT2D eigenvalue weighted by Crippen LogP contribution is -2.15. The van der Waals surface area contributed by atoms with Crippen LogP contribution in [-0.4, -0.2) is 25.0 Å². The lowest BCUT2D eigenvalue weighted by Gasteiger charge is -2.20. The molecule has 1 aliphatic heterocycles. The Morgan fingerprint density at radius 3 is 2.17 bits per heavy atom. The molecule has 1 heterocycles. The van der Waals surface area contributed by atoms with E-state index in [0.29, 0.717) is 30.2 Å². The molecular formula is C25H25NO4. The molecule has 0 radical (unpaired) electrons. The Labute approximate surface area is 176 Å². The van der Waals surface area contributed by atoms with E-state index in [1.165, 1.54) is 0 Å². The molecule has 4 rings (SSSR count). The Hall–Kier alpha value is -3.31. The molecule has 0 aliphatic carbocycles. The molecule has 0 bridgehead atoms. The van der Waals surface area contributed by atoms with Crippen LogP contribution in [0.5, 0.6) is 17.2 Å². The molecule has 0 amide bonds. The molecule has 5 heteroatoms. The second-order valence-corrected chi connectivity index (χ2v) is 7.47. The molecule has 0 saturated carbocycles. The van der Waals surface area contributed by atoms with E-state index in [1.54, 1.807) is 19.2 Å². The quantitative estimate of drug-likeness (QED) is 0.439. The normalized spacial score (nSPS) is 13.0. The van der Waals surface area contributed by atoms with Gasteiger partial charge >= 0.3 is 5.97 Å². The zero-order chi connectivity index (χ0) is 21.1. The number of nitrogens with zero attached hydrogens (tertiary/aromatic N) is 1. The van der Waals surface area contributed by atoms with Crippen LogP contribution in [-0.2, 0) is 19.7 Å². The molecule has 0 saturated heterocycles. The predicted octanol–water partition coefficient (Wildman–Crippen LogP) is 4.75. The van der Waals surface area contributed by atoms with Gasteiger partial charge in [-0.15, -0.1) is 0 Å². The van der Waals surface area contributed by atoms with Gasteiger partial charge in [-0.1, -0.05) is 48.5 Å². The monoisotopic (exact) mass is 403 g/mol. The molecule has 3 aromatic carbocycles. The first kappa shape index (κ1) is 20.0. The van der Waals surface area contributed by atoms with Gasteiger partial charge < -0.3 is 14.2 Å². The first-order valence-electron chi connectivity index (χ1n) is 9.93. The van der Waals surface area contributed by atoms with Gasteiger partial charge in [0.1, 0.15) is 29.4 Å². The summed E-state index contributed by atoms with van der Waals surface area (Å²) in [5, 5.41) is 0. The summed E-state index contributed by atoms with van der Waals surface area (Å²) in [5.41, 5.74) is 4.23. The van der Waals surface area contributed by atoms with Crippen LogP contribution in [0.4, 0.5) is 0 Å². The summed E-state index contributed by atoms with van der Waals surface area (Å²) < 4.78 is 17.6. The van der Waals surface area contributed by atoms with Crippen LogP contribution in [0.2, 0.25) is 0 Å². The maximum atomic E-state index is 13.2. The van der Waals surface area contributed by atoms with Gasteiger partial charge in [0.2, 0.25) is 0 Å². The van der Waals surface area contributed by atoms with Crippen LogP contribution in [0.15, 0.2) is 60.7 Å². The second-order valence-electron chi connectivity index (χ2n) is 7.47. The molecular weight excluding hydrogens is 378 g/mol. The van der Waals surface area contributed by atoms with Crippen molar-refractivity contribution in [1.82, 2.24) is 4.90 Å². The van der Waals surface area contributed by atoms with E-state index in [-0.39, 0.29) is 0 Å². The molecule has 5 nitrogen and oxygen atoms in total. The SMILES string of the molecule is COc1c(C)c(C(=O)Oc2ccccc2)c(OCc2ccccc2)c2c1CN(C)C2. The lowest BCUT2D eigenvalue weighted by molar-refractivity contribution is 0.0728. The number of rotatable bonds is 6. The van der Waals surface area contributed by atoms with Crippen LogP contribution >= 0.6 is 0 Å². The summed E-state index contributed by atoms with van der Waals surface area (Å²) in [5.74, 6) is 1.35. The number of hydrogen-bond donors (Lipinski definition) is 0. The first-order chi connectivity index (χ1) is 14.6. The van der Waals surface area contributed by atoms with Crippen molar-refractivity contribution in [1.29, 1.82) is 0 Å². The highest BCUT2D eigenvalue weighted by Crippen LogP contribution is 2.43. The number of para-hydroxylation sites is 1. The van der Waals surface area contributed by atoms with Crippen molar-refractivity contribution in [2.24, 2.45) is 0 Å². The van der Waals surface area contributed by atoms with E-state index in [4.69, 9.17) is 14.2 Å². The number of ether oxygens (including phenoxy) is 3. The number of benzene rings is 3. The Morgan fingerprint density at radius 2 is 1.53 bits per heavy atom. The molecule has 0 N–H and O–H groups in total. The Balaban J connectivity index is 1.78. The fourth-order valence-electron chi connectivity index (χ4n) is 3.92. The molecule has 3 aromatic rings. The molecule has 30 heavy (non-hydrogen) atoms. The van der Waals surface area contributed by atoms with Gasteiger partial charge in [0.15, 0.2) is 0 Å². The van der Waals surface area contributed by atoms with Crippen molar-refractivity contribution in [3.8, 4) is 17.2 Å². The molecule has 0 aromatic heterocycles. The number of methoxy groups -OCH3 is 1. The number of hydrogen-bond acceptors (Lipinski definition) is 5. The maximum Gasteiger partial charge on any atom is 0.347 e. The van der Waals surface area contributed by atoms with Gasteiger partial charge in [-0.3, -0.25) is 4.90 Å². The van der Waals surface area contributed by atoms with E-state index in [1.807, 2.05) is 62.5 Å². The van der Waals surface area contributed by atoms with Crippen LogP contribution in [0.3, 0.4) is 0 Å². The summed E-state index contributed by atoms with van der Waals surface area (Å²) in [6.45, 7) is 3.68. The van der Waals surface area contributed by atoms with Crippen LogP contribution in [0.1, 0.15) is 32.6 Å². The average Bonchev–Trinajstić information content (AvgIpc) is 3.14. The minimum absolute atomic E-state index is 0.369. The summed E-state index contributed by atoms with van der Waals surface area (Å²) >= 11 is 0. The summed E-state index contributed by atoms with van der Waals surface area (Å²) in [6.07, 6.45) is 0. The van der Waals surface area contributed by atoms with E-state index in [0.717, 1.165) is 34.5 Å². The van der Waals surface area contributed by atoms with E-state index in [9.17, 15) is 4.79 Å². The van der Waals surface area contributed by atoms with Crippen LogP contribution in [0.25, 0.3) is 0 Å². The lowest BCUT2D eigenvalue weighted by atomic mass is 9.97. The van der Waals surface area contributed by atoms with Gasteiger partial charge in [0.25, 0.3) is 0 Å². The van der Waals surface area contributed by atoms with Crippen molar-refractivity contribution < 1.29 is 19.0 Å². The zero-order valence-corrected chi connectivity index (χ0v) is 17.5. The van der Waals surface area contributed by atoms with Crippen LogP contribution in [0, 0.1) is 6.92 Å². The number of carbonyl (C=O) groups excluding carboxylic acids is 1. The maximum absolute atomic E-state index is 13.2. The molecule has 0 fully saturated rings. The minimum atomic E-state index is -0.447. The second kappa shape index (κ2) is 8.59. The fraction of sp³-hybridized carbons (Fsp3) is 0.240. The van der Waals surface area contributed by atoms with Gasteiger partial charge in [0.05, 0.1) is 7.11 Å². The fourth-order valence-corrected chi connectivity index (χ4v) is 3.92.